The fourth-order valence-electron chi connectivity index (χ4n) is 2.25. The van der Waals surface area contributed by atoms with E-state index < -0.39 is 11.4 Å². The monoisotopic (exact) mass is 311 g/mol. The Hall–Kier alpha value is -1.36. The molecule has 0 unspecified atom stereocenters. The van der Waals surface area contributed by atoms with Crippen LogP contribution in [0.5, 0.6) is 0 Å². The topological polar surface area (TPSA) is 46.6 Å². The largest absolute Gasteiger partial charge is 0.465 e. The smallest absolute Gasteiger partial charge is 0.339 e. The average molecular weight is 312 g/mol. The first-order valence-electron chi connectivity index (χ1n) is 5.51. The molecule has 0 spiro atoms. The first kappa shape index (κ1) is 13.1. The van der Waals surface area contributed by atoms with Gasteiger partial charge in [-0.05, 0) is 47.5 Å². The van der Waals surface area contributed by atoms with Crippen LogP contribution in [0.15, 0.2) is 16.6 Å². The van der Waals surface area contributed by atoms with Gasteiger partial charge in [0.05, 0.1) is 18.1 Å². The van der Waals surface area contributed by atoms with E-state index in [4.69, 9.17) is 4.74 Å². The zero-order valence-corrected chi connectivity index (χ0v) is 12.3. The lowest BCUT2D eigenvalue weighted by atomic mass is 9.85. The van der Waals surface area contributed by atoms with Gasteiger partial charge in [0, 0.05) is 17.2 Å². The molecule has 5 heteroatoms. The maximum absolute atomic E-state index is 12.1. The Balaban J connectivity index is 2.67. The molecule has 1 aromatic rings. The number of anilines is 1. The van der Waals surface area contributed by atoms with E-state index in [1.807, 2.05) is 13.8 Å². The molecule has 96 valence electrons. The average Bonchev–Trinajstić information content (AvgIpc) is 2.49. The fraction of sp³-hybridized carbons (Fsp3) is 0.385. The predicted octanol–water partition coefficient (Wildman–Crippen LogP) is 2.49. The van der Waals surface area contributed by atoms with Crippen LogP contribution in [0.3, 0.4) is 0 Å². The lowest BCUT2D eigenvalue weighted by Crippen LogP contribution is -2.33. The Labute approximate surface area is 114 Å². The SMILES string of the molecule is COC(=O)c1cc2c(cc1Br)N(C)C(=O)C2(C)C. The molecule has 4 nitrogen and oxygen atoms in total. The van der Waals surface area contributed by atoms with E-state index in [0.29, 0.717) is 10.0 Å². The summed E-state index contributed by atoms with van der Waals surface area (Å²) in [7, 11) is 3.07. The molecule has 1 aliphatic heterocycles. The lowest BCUT2D eigenvalue weighted by molar-refractivity contribution is -0.121. The molecule has 0 radical (unpaired) electrons. The molecule has 1 heterocycles. The molecule has 1 aliphatic rings. The summed E-state index contributed by atoms with van der Waals surface area (Å²) < 4.78 is 5.36. The van der Waals surface area contributed by atoms with Crippen LogP contribution in [0.4, 0.5) is 5.69 Å². The second-order valence-corrected chi connectivity index (χ2v) is 5.68. The van der Waals surface area contributed by atoms with E-state index >= 15 is 0 Å². The number of halogens is 1. The highest BCUT2D eigenvalue weighted by Crippen LogP contribution is 2.43. The minimum Gasteiger partial charge on any atom is -0.465 e. The van der Waals surface area contributed by atoms with Crippen molar-refractivity contribution in [2.24, 2.45) is 0 Å². The number of methoxy groups -OCH3 is 1. The second kappa shape index (κ2) is 4.09. The van der Waals surface area contributed by atoms with Crippen molar-refractivity contribution < 1.29 is 14.3 Å². The van der Waals surface area contributed by atoms with E-state index in [0.717, 1.165) is 11.3 Å². The summed E-state index contributed by atoms with van der Waals surface area (Å²) in [5, 5.41) is 0. The highest BCUT2D eigenvalue weighted by molar-refractivity contribution is 9.10. The van der Waals surface area contributed by atoms with Crippen LogP contribution in [-0.4, -0.2) is 26.0 Å². The molecule has 0 saturated heterocycles. The van der Waals surface area contributed by atoms with Gasteiger partial charge < -0.3 is 9.64 Å². The fourth-order valence-corrected chi connectivity index (χ4v) is 2.74. The standard InChI is InChI=1S/C13H14BrNO3/c1-13(2)8-5-7(11(16)18-4)9(14)6-10(8)15(3)12(13)17/h5-6H,1-4H3. The molecule has 0 bridgehead atoms. The molecule has 1 amide bonds. The molecular formula is C13H14BrNO3. The number of benzene rings is 1. The summed E-state index contributed by atoms with van der Waals surface area (Å²) in [6.07, 6.45) is 0. The van der Waals surface area contributed by atoms with Crippen molar-refractivity contribution in [3.8, 4) is 0 Å². The molecule has 1 aromatic carbocycles. The van der Waals surface area contributed by atoms with Crippen LogP contribution in [0.2, 0.25) is 0 Å². The summed E-state index contributed by atoms with van der Waals surface area (Å²) in [5.41, 5.74) is 1.49. The predicted molar refractivity (Wildman–Crippen MR) is 71.9 cm³/mol. The minimum absolute atomic E-state index is 0.0198. The third-order valence-corrected chi connectivity index (χ3v) is 4.02. The number of hydrogen-bond acceptors (Lipinski definition) is 3. The molecule has 0 saturated carbocycles. The molecule has 0 fully saturated rings. The van der Waals surface area contributed by atoms with E-state index in [1.165, 1.54) is 7.11 Å². The molecular weight excluding hydrogens is 298 g/mol. The Kier molecular flexibility index (Phi) is 2.97. The number of nitrogens with zero attached hydrogens (tertiary/aromatic N) is 1. The number of likely N-dealkylation sites (N-methyl/N-ethyl adjacent to an activating group) is 1. The van der Waals surface area contributed by atoms with Gasteiger partial charge in [0.2, 0.25) is 5.91 Å². The first-order chi connectivity index (χ1) is 8.30. The van der Waals surface area contributed by atoms with E-state index in [1.54, 1.807) is 24.1 Å². The summed E-state index contributed by atoms with van der Waals surface area (Å²) >= 11 is 3.34. The Bertz CT molecular complexity index is 551. The Morgan fingerprint density at radius 1 is 1.39 bits per heavy atom. The molecule has 2 rings (SSSR count). The normalized spacial score (nSPS) is 16.7. The number of carbonyl (C=O) groups is 2. The lowest BCUT2D eigenvalue weighted by Gasteiger charge is -2.16. The van der Waals surface area contributed by atoms with Gasteiger partial charge in [0.25, 0.3) is 0 Å². The number of hydrogen-bond donors (Lipinski definition) is 0. The van der Waals surface area contributed by atoms with Crippen molar-refractivity contribution in [3.63, 3.8) is 0 Å². The molecule has 18 heavy (non-hydrogen) atoms. The minimum atomic E-state index is -0.618. The van der Waals surface area contributed by atoms with Gasteiger partial charge in [-0.2, -0.15) is 0 Å². The summed E-state index contributed by atoms with van der Waals surface area (Å²) in [6, 6.07) is 3.51. The number of fused-ring (bicyclic) bond motifs is 1. The van der Waals surface area contributed by atoms with Gasteiger partial charge in [-0.25, -0.2) is 4.79 Å². The van der Waals surface area contributed by atoms with Gasteiger partial charge in [0.15, 0.2) is 0 Å². The molecule has 0 N–H and O–H groups in total. The van der Waals surface area contributed by atoms with E-state index in [-0.39, 0.29) is 5.91 Å². The molecule has 0 aliphatic carbocycles. The van der Waals surface area contributed by atoms with Crippen LogP contribution in [0.1, 0.15) is 29.8 Å². The van der Waals surface area contributed by atoms with Gasteiger partial charge in [-0.1, -0.05) is 0 Å². The molecule has 0 aromatic heterocycles. The third kappa shape index (κ3) is 1.65. The van der Waals surface area contributed by atoms with Gasteiger partial charge in [0.1, 0.15) is 0 Å². The first-order valence-corrected chi connectivity index (χ1v) is 6.30. The van der Waals surface area contributed by atoms with E-state index in [9.17, 15) is 9.59 Å². The number of rotatable bonds is 1. The van der Waals surface area contributed by atoms with Gasteiger partial charge in [-0.3, -0.25) is 4.79 Å². The van der Waals surface area contributed by atoms with Crippen molar-refractivity contribution in [3.05, 3.63) is 27.7 Å². The number of carbonyl (C=O) groups excluding carboxylic acids is 2. The summed E-state index contributed by atoms with van der Waals surface area (Å²) in [4.78, 5) is 25.4. The number of amides is 1. The van der Waals surface area contributed by atoms with E-state index in [2.05, 4.69) is 15.9 Å². The Morgan fingerprint density at radius 3 is 2.56 bits per heavy atom. The summed E-state index contributed by atoms with van der Waals surface area (Å²) in [6.45, 7) is 3.71. The highest BCUT2D eigenvalue weighted by atomic mass is 79.9. The van der Waals surface area contributed by atoms with Crippen LogP contribution in [-0.2, 0) is 14.9 Å². The van der Waals surface area contributed by atoms with Crippen LogP contribution < -0.4 is 4.90 Å². The van der Waals surface area contributed by atoms with Crippen LogP contribution in [0, 0.1) is 0 Å². The third-order valence-electron chi connectivity index (χ3n) is 3.36. The van der Waals surface area contributed by atoms with Crippen molar-refractivity contribution in [1.29, 1.82) is 0 Å². The highest BCUT2D eigenvalue weighted by Gasteiger charge is 2.43. The van der Waals surface area contributed by atoms with Gasteiger partial charge >= 0.3 is 5.97 Å². The van der Waals surface area contributed by atoms with Crippen LogP contribution >= 0.6 is 15.9 Å². The second-order valence-electron chi connectivity index (χ2n) is 4.83. The zero-order valence-electron chi connectivity index (χ0n) is 10.7. The van der Waals surface area contributed by atoms with Crippen molar-refractivity contribution >= 4 is 33.5 Å². The van der Waals surface area contributed by atoms with Crippen molar-refractivity contribution in [1.82, 2.24) is 0 Å². The maximum atomic E-state index is 12.1. The zero-order chi connectivity index (χ0) is 13.7. The summed E-state index contributed by atoms with van der Waals surface area (Å²) in [5.74, 6) is -0.395. The van der Waals surface area contributed by atoms with Crippen LogP contribution in [0.25, 0.3) is 0 Å². The quantitative estimate of drug-likeness (QED) is 0.749. The van der Waals surface area contributed by atoms with Crippen molar-refractivity contribution in [2.45, 2.75) is 19.3 Å². The van der Waals surface area contributed by atoms with Gasteiger partial charge in [-0.15, -0.1) is 0 Å². The van der Waals surface area contributed by atoms with Crippen molar-refractivity contribution in [2.75, 3.05) is 19.1 Å². The number of esters is 1. The Morgan fingerprint density at radius 2 is 2.00 bits per heavy atom. The maximum Gasteiger partial charge on any atom is 0.339 e. The number of ether oxygens (including phenoxy) is 1. The molecule has 0 atom stereocenters.